The Kier molecular flexibility index (Phi) is 25.3. The standard InChI is InChI=1S/C24H56Si3/c1-3-5-7-9-11-13-15-17-19-21-23-26-27(25)24-22-20-18-16-14-12-10-8-6-4-2/h27H,3-24,26H2,1-2,25H3. The summed E-state index contributed by atoms with van der Waals surface area (Å²) in [6, 6.07) is 3.46. The molecule has 0 aromatic rings. The summed E-state index contributed by atoms with van der Waals surface area (Å²) in [4.78, 5) is 0. The lowest BCUT2D eigenvalue weighted by atomic mass is 10.1. The van der Waals surface area contributed by atoms with Crippen molar-refractivity contribution in [3.8, 4) is 0 Å². The summed E-state index contributed by atoms with van der Waals surface area (Å²) < 4.78 is 0. The van der Waals surface area contributed by atoms with E-state index in [2.05, 4.69) is 13.8 Å². The van der Waals surface area contributed by atoms with Crippen molar-refractivity contribution >= 4 is 26.6 Å². The highest BCUT2D eigenvalue weighted by molar-refractivity contribution is 7.34. The zero-order valence-electron chi connectivity index (χ0n) is 19.8. The van der Waals surface area contributed by atoms with Crippen LogP contribution in [0.25, 0.3) is 0 Å². The summed E-state index contributed by atoms with van der Waals surface area (Å²) in [6.45, 7) is 4.63. The van der Waals surface area contributed by atoms with Crippen molar-refractivity contribution < 1.29 is 0 Å². The Balaban J connectivity index is 3.12. The van der Waals surface area contributed by atoms with E-state index in [0.29, 0.717) is 9.04 Å². The molecule has 0 bridgehead atoms. The van der Waals surface area contributed by atoms with Crippen LogP contribution in [0.5, 0.6) is 0 Å². The van der Waals surface area contributed by atoms with E-state index < -0.39 is 0 Å². The largest absolute Gasteiger partial charge is 0.0654 e. The maximum absolute atomic E-state index is 2.31. The summed E-state index contributed by atoms with van der Waals surface area (Å²) in [5.41, 5.74) is 0. The second-order valence-corrected chi connectivity index (χ2v) is 29.2. The highest BCUT2D eigenvalue weighted by Gasteiger charge is 2.04. The molecule has 0 spiro atoms. The molecular weight excluding hydrogens is 373 g/mol. The molecule has 0 N–H and O–H groups in total. The number of hydrogen-bond acceptors (Lipinski definition) is 0. The number of rotatable bonds is 23. The third-order valence-electron chi connectivity index (χ3n) is 6.35. The summed E-state index contributed by atoms with van der Waals surface area (Å²) in [7, 11) is 1.97. The molecule has 0 aromatic carbocycles. The van der Waals surface area contributed by atoms with Crippen LogP contribution in [-0.2, 0) is 0 Å². The van der Waals surface area contributed by atoms with Gasteiger partial charge >= 0.3 is 0 Å². The maximum Gasteiger partial charge on any atom is 0.00905 e. The minimum atomic E-state index is -0.0838. The highest BCUT2D eigenvalue weighted by Crippen LogP contribution is 2.13. The monoisotopic (exact) mass is 428 g/mol. The van der Waals surface area contributed by atoms with Crippen molar-refractivity contribution in [3.05, 3.63) is 0 Å². The zero-order valence-corrected chi connectivity index (χ0v) is 24.4. The lowest BCUT2D eigenvalue weighted by Crippen LogP contribution is -2.22. The van der Waals surface area contributed by atoms with Crippen molar-refractivity contribution in [2.45, 2.75) is 154 Å². The summed E-state index contributed by atoms with van der Waals surface area (Å²) >= 11 is 0. The Bertz CT molecular complexity index is 258. The lowest BCUT2D eigenvalue weighted by molar-refractivity contribution is 0.562. The van der Waals surface area contributed by atoms with Gasteiger partial charge in [0.15, 0.2) is 0 Å². The molecule has 164 valence electrons. The van der Waals surface area contributed by atoms with Crippen LogP contribution in [0.15, 0.2) is 0 Å². The van der Waals surface area contributed by atoms with Gasteiger partial charge in [-0.2, -0.15) is 0 Å². The van der Waals surface area contributed by atoms with Gasteiger partial charge < -0.3 is 0 Å². The molecular formula is C24H56Si3. The van der Waals surface area contributed by atoms with Gasteiger partial charge in [0, 0.05) is 16.9 Å². The minimum absolute atomic E-state index is 0.0838. The molecule has 0 radical (unpaired) electrons. The molecule has 0 saturated carbocycles. The third-order valence-corrected chi connectivity index (χ3v) is 22.0. The maximum atomic E-state index is 2.31. The second kappa shape index (κ2) is 24.7. The van der Waals surface area contributed by atoms with Gasteiger partial charge in [-0.15, -0.1) is 0 Å². The van der Waals surface area contributed by atoms with Gasteiger partial charge in [-0.25, -0.2) is 0 Å². The van der Waals surface area contributed by atoms with Crippen LogP contribution in [0, 0.1) is 0 Å². The Labute approximate surface area is 180 Å². The zero-order chi connectivity index (χ0) is 19.8. The quantitative estimate of drug-likeness (QED) is 0.121. The van der Waals surface area contributed by atoms with E-state index in [1.54, 1.807) is 47.5 Å². The van der Waals surface area contributed by atoms with E-state index in [0.717, 1.165) is 0 Å². The molecule has 0 aliphatic heterocycles. The minimum Gasteiger partial charge on any atom is -0.0654 e. The van der Waals surface area contributed by atoms with E-state index >= 15 is 0 Å². The van der Waals surface area contributed by atoms with Gasteiger partial charge in [0.2, 0.25) is 0 Å². The average Bonchev–Trinajstić information content (AvgIpc) is 2.67. The summed E-state index contributed by atoms with van der Waals surface area (Å²) in [5, 5.41) is 0. The third kappa shape index (κ3) is 24.6. The first kappa shape index (κ1) is 27.7. The van der Waals surface area contributed by atoms with Crippen LogP contribution >= 0.6 is 0 Å². The van der Waals surface area contributed by atoms with Crippen molar-refractivity contribution in [2.24, 2.45) is 0 Å². The van der Waals surface area contributed by atoms with Gasteiger partial charge in [0.05, 0.1) is 0 Å². The Hall–Kier alpha value is 0.651. The van der Waals surface area contributed by atoms with Crippen molar-refractivity contribution in [3.63, 3.8) is 0 Å². The van der Waals surface area contributed by atoms with Crippen molar-refractivity contribution in [2.75, 3.05) is 0 Å². The van der Waals surface area contributed by atoms with Gasteiger partial charge in [0.1, 0.15) is 0 Å². The fraction of sp³-hybridized carbons (Fsp3) is 1.00. The van der Waals surface area contributed by atoms with Gasteiger partial charge in [0.25, 0.3) is 0 Å². The highest BCUT2D eigenvalue weighted by atomic mass is 29.5. The molecule has 0 aliphatic rings. The van der Waals surface area contributed by atoms with E-state index in [-0.39, 0.29) is 7.83 Å². The molecule has 3 heteroatoms. The summed E-state index contributed by atoms with van der Waals surface area (Å²) in [6.07, 6.45) is 30.1. The fourth-order valence-electron chi connectivity index (χ4n) is 4.28. The first-order valence-corrected chi connectivity index (χ1v) is 23.0. The first-order valence-electron chi connectivity index (χ1n) is 13.3. The van der Waals surface area contributed by atoms with Gasteiger partial charge in [-0.1, -0.05) is 154 Å². The molecule has 0 aromatic heterocycles. The van der Waals surface area contributed by atoms with Crippen LogP contribution in [0.4, 0.5) is 0 Å². The van der Waals surface area contributed by atoms with E-state index in [1.165, 1.54) is 103 Å². The smallest absolute Gasteiger partial charge is 0.00905 e. The first-order chi connectivity index (χ1) is 13.3. The molecule has 27 heavy (non-hydrogen) atoms. The predicted molar refractivity (Wildman–Crippen MR) is 139 cm³/mol. The van der Waals surface area contributed by atoms with Crippen LogP contribution in [0.3, 0.4) is 0 Å². The summed E-state index contributed by atoms with van der Waals surface area (Å²) in [5.74, 6) is 0. The Morgan fingerprint density at radius 1 is 0.481 bits per heavy atom. The SMILES string of the molecule is CCCCCCCCCCCC[SiH2][SiH]([SiH3])CCCCCCCCCCCC. The molecule has 1 atom stereocenters. The van der Waals surface area contributed by atoms with Crippen molar-refractivity contribution in [1.29, 1.82) is 0 Å². The second-order valence-electron chi connectivity index (χ2n) is 9.40. The van der Waals surface area contributed by atoms with Gasteiger partial charge in [-0.3, -0.25) is 0 Å². The topological polar surface area (TPSA) is 0 Å². The van der Waals surface area contributed by atoms with Crippen LogP contribution in [0.1, 0.15) is 142 Å². The Morgan fingerprint density at radius 2 is 0.815 bits per heavy atom. The fourth-order valence-corrected chi connectivity index (χ4v) is 16.5. The molecule has 0 nitrogen and oxygen atoms in total. The molecule has 0 fully saturated rings. The number of unbranched alkanes of at least 4 members (excludes halogenated alkanes) is 18. The Morgan fingerprint density at radius 3 is 1.22 bits per heavy atom. The average molecular weight is 429 g/mol. The normalized spacial score (nSPS) is 13.1. The lowest BCUT2D eigenvalue weighted by Gasteiger charge is -2.09. The molecule has 1 unspecified atom stereocenters. The predicted octanol–water partition coefficient (Wildman–Crippen LogP) is 7.00. The van der Waals surface area contributed by atoms with E-state index in [1.807, 2.05) is 0 Å². The molecule has 0 amide bonds. The molecule has 0 aliphatic carbocycles. The van der Waals surface area contributed by atoms with Gasteiger partial charge in [-0.05, 0) is 9.76 Å². The van der Waals surface area contributed by atoms with Crippen LogP contribution in [0.2, 0.25) is 12.1 Å². The molecule has 0 saturated heterocycles. The molecule has 0 rings (SSSR count). The number of hydrogen-bond donors (Lipinski definition) is 0. The van der Waals surface area contributed by atoms with Crippen LogP contribution in [-0.4, -0.2) is 26.6 Å². The molecule has 0 heterocycles. The van der Waals surface area contributed by atoms with Crippen molar-refractivity contribution in [1.82, 2.24) is 0 Å². The van der Waals surface area contributed by atoms with Crippen LogP contribution < -0.4 is 0 Å². The van der Waals surface area contributed by atoms with E-state index in [4.69, 9.17) is 0 Å². The van der Waals surface area contributed by atoms with E-state index in [9.17, 15) is 0 Å².